The molecule has 0 aromatic heterocycles. The summed E-state index contributed by atoms with van der Waals surface area (Å²) in [6.07, 6.45) is 2.35. The maximum absolute atomic E-state index is 3.66. The van der Waals surface area contributed by atoms with Crippen LogP contribution >= 0.6 is 0 Å². The number of benzene rings is 1. The van der Waals surface area contributed by atoms with Gasteiger partial charge in [0.1, 0.15) is 0 Å². The Kier molecular flexibility index (Phi) is 4.08. The van der Waals surface area contributed by atoms with Gasteiger partial charge in [0.2, 0.25) is 0 Å². The van der Waals surface area contributed by atoms with Gasteiger partial charge in [0.05, 0.1) is 0 Å². The summed E-state index contributed by atoms with van der Waals surface area (Å²) in [6, 6.07) is 7.42. The highest BCUT2D eigenvalue weighted by Crippen LogP contribution is 2.17. The van der Waals surface area contributed by atoms with Crippen LogP contribution in [0.4, 0.5) is 0 Å². The highest BCUT2D eigenvalue weighted by Gasteiger charge is 2.29. The monoisotopic (exact) mass is 246 g/mol. The van der Waals surface area contributed by atoms with E-state index >= 15 is 0 Å². The van der Waals surface area contributed by atoms with E-state index in [9.17, 15) is 0 Å². The topological polar surface area (TPSA) is 24.1 Å². The molecule has 2 N–H and O–H groups in total. The van der Waals surface area contributed by atoms with E-state index in [0.29, 0.717) is 11.6 Å². The molecule has 0 spiro atoms. The van der Waals surface area contributed by atoms with E-state index in [0.717, 1.165) is 19.5 Å². The summed E-state index contributed by atoms with van der Waals surface area (Å²) < 4.78 is 0. The predicted octanol–water partition coefficient (Wildman–Crippen LogP) is 2.58. The molecule has 2 heteroatoms. The molecular weight excluding hydrogens is 220 g/mol. The second-order valence-corrected chi connectivity index (χ2v) is 6.29. The molecule has 0 aliphatic carbocycles. The molecule has 1 aromatic carbocycles. The average molecular weight is 246 g/mol. The smallest absolute Gasteiger partial charge is 0.0210 e. The molecule has 18 heavy (non-hydrogen) atoms. The molecule has 0 bridgehead atoms. The van der Waals surface area contributed by atoms with Crippen LogP contribution in [0.2, 0.25) is 0 Å². The van der Waals surface area contributed by atoms with Crippen LogP contribution in [0.25, 0.3) is 0 Å². The van der Waals surface area contributed by atoms with Gasteiger partial charge in [-0.15, -0.1) is 0 Å². The Morgan fingerprint density at radius 3 is 2.67 bits per heavy atom. The van der Waals surface area contributed by atoms with Crippen LogP contribution < -0.4 is 10.6 Å². The Hall–Kier alpha value is -0.860. The lowest BCUT2D eigenvalue weighted by Crippen LogP contribution is -2.32. The third-order valence-corrected chi connectivity index (χ3v) is 4.00. The summed E-state index contributed by atoms with van der Waals surface area (Å²) in [5.74, 6) is 0. The maximum atomic E-state index is 3.66. The molecule has 1 aromatic rings. The van der Waals surface area contributed by atoms with Crippen molar-refractivity contribution in [3.8, 4) is 0 Å². The van der Waals surface area contributed by atoms with Crippen molar-refractivity contribution in [1.82, 2.24) is 10.6 Å². The van der Waals surface area contributed by atoms with Gasteiger partial charge >= 0.3 is 0 Å². The fourth-order valence-corrected chi connectivity index (χ4v) is 2.68. The van der Waals surface area contributed by atoms with Crippen LogP contribution in [-0.2, 0) is 6.42 Å². The molecule has 1 unspecified atom stereocenters. The van der Waals surface area contributed by atoms with Crippen molar-refractivity contribution in [2.45, 2.75) is 52.1 Å². The van der Waals surface area contributed by atoms with Gasteiger partial charge in [0.25, 0.3) is 0 Å². The Labute approximate surface area is 111 Å². The summed E-state index contributed by atoms with van der Waals surface area (Å²) in [7, 11) is 0. The van der Waals surface area contributed by atoms with E-state index in [2.05, 4.69) is 56.5 Å². The summed E-state index contributed by atoms with van der Waals surface area (Å²) in [5, 5.41) is 7.21. The fraction of sp³-hybridized carbons (Fsp3) is 0.625. The average Bonchev–Trinajstić information content (AvgIpc) is 2.63. The second kappa shape index (κ2) is 5.41. The van der Waals surface area contributed by atoms with Gasteiger partial charge in [-0.1, -0.05) is 18.2 Å². The minimum absolute atomic E-state index is 0.304. The van der Waals surface area contributed by atoms with E-state index in [-0.39, 0.29) is 0 Å². The first kappa shape index (κ1) is 13.6. The van der Waals surface area contributed by atoms with E-state index in [1.807, 2.05) is 0 Å². The molecule has 100 valence electrons. The zero-order valence-electron chi connectivity index (χ0n) is 12.1. The van der Waals surface area contributed by atoms with Crippen molar-refractivity contribution < 1.29 is 0 Å². The van der Waals surface area contributed by atoms with Crippen molar-refractivity contribution in [1.29, 1.82) is 0 Å². The van der Waals surface area contributed by atoms with Gasteiger partial charge in [-0.3, -0.25) is 0 Å². The first-order valence-corrected chi connectivity index (χ1v) is 7.01. The summed E-state index contributed by atoms with van der Waals surface area (Å²) in [5.41, 5.74) is 4.53. The van der Waals surface area contributed by atoms with Gasteiger partial charge in [0, 0.05) is 18.1 Å². The first-order chi connectivity index (χ1) is 8.46. The molecule has 1 heterocycles. The summed E-state index contributed by atoms with van der Waals surface area (Å²) >= 11 is 0. The molecule has 1 aliphatic heterocycles. The Morgan fingerprint density at radius 1 is 1.28 bits per heavy atom. The molecule has 1 atom stereocenters. The standard InChI is InChI=1S/C16H26N2/c1-12-5-6-14(9-13(12)2)7-8-17-15-10-16(3,4)18-11-15/h5-6,9,15,17-18H,7-8,10-11H2,1-4H3. The maximum Gasteiger partial charge on any atom is 0.0210 e. The number of hydrogen-bond acceptors (Lipinski definition) is 2. The molecule has 2 rings (SSSR count). The van der Waals surface area contributed by atoms with E-state index in [1.54, 1.807) is 0 Å². The van der Waals surface area contributed by atoms with Crippen molar-refractivity contribution in [2.24, 2.45) is 0 Å². The van der Waals surface area contributed by atoms with Gasteiger partial charge < -0.3 is 10.6 Å². The molecule has 2 nitrogen and oxygen atoms in total. The van der Waals surface area contributed by atoms with Gasteiger partial charge in [0.15, 0.2) is 0 Å². The van der Waals surface area contributed by atoms with E-state index in [4.69, 9.17) is 0 Å². The van der Waals surface area contributed by atoms with Crippen LogP contribution in [0.15, 0.2) is 18.2 Å². The third kappa shape index (κ3) is 3.56. The quantitative estimate of drug-likeness (QED) is 0.853. The molecule has 0 radical (unpaired) electrons. The predicted molar refractivity (Wildman–Crippen MR) is 78.1 cm³/mol. The third-order valence-electron chi connectivity index (χ3n) is 4.00. The van der Waals surface area contributed by atoms with E-state index < -0.39 is 0 Å². The molecule has 1 aliphatic rings. The lowest BCUT2D eigenvalue weighted by Gasteiger charge is -2.17. The zero-order chi connectivity index (χ0) is 13.2. The Morgan fingerprint density at radius 2 is 2.06 bits per heavy atom. The van der Waals surface area contributed by atoms with Gasteiger partial charge in [-0.25, -0.2) is 0 Å². The van der Waals surface area contributed by atoms with Crippen molar-refractivity contribution in [3.63, 3.8) is 0 Å². The number of hydrogen-bond donors (Lipinski definition) is 2. The number of rotatable bonds is 4. The molecular formula is C16H26N2. The number of aryl methyl sites for hydroxylation is 2. The van der Waals surface area contributed by atoms with Crippen LogP contribution in [0.1, 0.15) is 37.0 Å². The van der Waals surface area contributed by atoms with Crippen molar-refractivity contribution >= 4 is 0 Å². The second-order valence-electron chi connectivity index (χ2n) is 6.29. The Balaban J connectivity index is 1.77. The molecule has 0 amide bonds. The summed E-state index contributed by atoms with van der Waals surface area (Å²) in [4.78, 5) is 0. The van der Waals surface area contributed by atoms with Crippen LogP contribution in [0.3, 0.4) is 0 Å². The van der Waals surface area contributed by atoms with Gasteiger partial charge in [-0.05, 0) is 63.8 Å². The molecule has 1 saturated heterocycles. The largest absolute Gasteiger partial charge is 0.312 e. The van der Waals surface area contributed by atoms with Crippen LogP contribution in [-0.4, -0.2) is 24.7 Å². The van der Waals surface area contributed by atoms with E-state index in [1.165, 1.54) is 23.1 Å². The van der Waals surface area contributed by atoms with Crippen molar-refractivity contribution in [3.05, 3.63) is 34.9 Å². The zero-order valence-corrected chi connectivity index (χ0v) is 12.1. The minimum Gasteiger partial charge on any atom is -0.312 e. The lowest BCUT2D eigenvalue weighted by atomic mass is 10.0. The highest BCUT2D eigenvalue weighted by atomic mass is 15.1. The SMILES string of the molecule is Cc1ccc(CCNC2CNC(C)(C)C2)cc1C. The normalized spacial score (nSPS) is 22.3. The highest BCUT2D eigenvalue weighted by molar-refractivity contribution is 5.30. The number of nitrogens with one attached hydrogen (secondary N) is 2. The van der Waals surface area contributed by atoms with Crippen molar-refractivity contribution in [2.75, 3.05) is 13.1 Å². The fourth-order valence-electron chi connectivity index (χ4n) is 2.68. The minimum atomic E-state index is 0.304. The summed E-state index contributed by atoms with van der Waals surface area (Å²) in [6.45, 7) is 11.1. The van der Waals surface area contributed by atoms with Crippen LogP contribution in [0, 0.1) is 13.8 Å². The molecule has 0 saturated carbocycles. The lowest BCUT2D eigenvalue weighted by molar-refractivity contribution is 0.443. The Bertz CT molecular complexity index is 410. The van der Waals surface area contributed by atoms with Crippen LogP contribution in [0.5, 0.6) is 0 Å². The first-order valence-electron chi connectivity index (χ1n) is 7.01. The van der Waals surface area contributed by atoms with Gasteiger partial charge in [-0.2, -0.15) is 0 Å². The molecule has 1 fully saturated rings.